The van der Waals surface area contributed by atoms with E-state index < -0.39 is 23.4 Å². The fourth-order valence-corrected chi connectivity index (χ4v) is 3.82. The number of carbonyl (C=O) groups is 2. The van der Waals surface area contributed by atoms with E-state index in [1.807, 2.05) is 43.3 Å². The molecule has 9 heteroatoms. The van der Waals surface area contributed by atoms with Crippen LogP contribution in [-0.2, 0) is 27.4 Å². The lowest BCUT2D eigenvalue weighted by atomic mass is 10.1. The fraction of sp³-hybridized carbons (Fsp3) is 0.407. The maximum Gasteiger partial charge on any atom is 0.425 e. The van der Waals surface area contributed by atoms with Crippen molar-refractivity contribution in [3.8, 4) is 16.9 Å². The molecule has 3 aromatic rings. The van der Waals surface area contributed by atoms with Crippen LogP contribution in [0.15, 0.2) is 42.6 Å². The molecule has 9 nitrogen and oxygen atoms in total. The number of ether oxygens (including phenoxy) is 3. The van der Waals surface area contributed by atoms with Crippen molar-refractivity contribution in [2.75, 3.05) is 4.90 Å². The van der Waals surface area contributed by atoms with Crippen LogP contribution in [0.3, 0.4) is 0 Å². The van der Waals surface area contributed by atoms with Gasteiger partial charge in [0.1, 0.15) is 11.2 Å². The van der Waals surface area contributed by atoms with E-state index in [0.717, 1.165) is 21.7 Å². The molecule has 0 spiro atoms. The monoisotopic (exact) mass is 492 g/mol. The standard InChI is InChI=1S/C27H32N4O5/c1-17-22(18-13-19-15-34-16-21(19)28-14-18)29-31(20-11-9-8-10-12-20)23(17)30(24(32)35-26(2,3)4)25(33)36-27(5,6)7/h8-14H,15-16H2,1-7H3. The Bertz CT molecular complexity index is 1260. The van der Waals surface area contributed by atoms with Gasteiger partial charge in [-0.25, -0.2) is 14.3 Å². The first kappa shape index (κ1) is 25.4. The zero-order chi connectivity index (χ0) is 26.3. The van der Waals surface area contributed by atoms with Gasteiger partial charge in [-0.3, -0.25) is 4.98 Å². The molecule has 2 aromatic heterocycles. The van der Waals surface area contributed by atoms with Crippen LogP contribution in [0.2, 0.25) is 0 Å². The first-order chi connectivity index (χ1) is 16.8. The Hall–Kier alpha value is -3.72. The summed E-state index contributed by atoms with van der Waals surface area (Å²) in [7, 11) is 0. The summed E-state index contributed by atoms with van der Waals surface area (Å²) in [5.41, 5.74) is 2.79. The predicted molar refractivity (Wildman–Crippen MR) is 135 cm³/mol. The van der Waals surface area contributed by atoms with Crippen LogP contribution < -0.4 is 4.90 Å². The third-order valence-corrected chi connectivity index (χ3v) is 5.29. The van der Waals surface area contributed by atoms with Gasteiger partial charge in [0.25, 0.3) is 0 Å². The van der Waals surface area contributed by atoms with Gasteiger partial charge in [0, 0.05) is 22.9 Å². The van der Waals surface area contributed by atoms with Crippen molar-refractivity contribution in [3.63, 3.8) is 0 Å². The minimum atomic E-state index is -0.857. The molecule has 0 atom stereocenters. The Morgan fingerprint density at radius 2 is 1.58 bits per heavy atom. The molecule has 0 N–H and O–H groups in total. The summed E-state index contributed by atoms with van der Waals surface area (Å²) in [5, 5.41) is 4.83. The summed E-state index contributed by atoms with van der Waals surface area (Å²) in [6.07, 6.45) is 0.0145. The van der Waals surface area contributed by atoms with Crippen molar-refractivity contribution in [1.82, 2.24) is 14.8 Å². The Balaban J connectivity index is 1.92. The van der Waals surface area contributed by atoms with Gasteiger partial charge < -0.3 is 14.2 Å². The van der Waals surface area contributed by atoms with Crippen LogP contribution >= 0.6 is 0 Å². The number of rotatable bonds is 3. The Kier molecular flexibility index (Phi) is 6.62. The molecule has 4 rings (SSSR count). The van der Waals surface area contributed by atoms with Gasteiger partial charge in [-0.1, -0.05) is 18.2 Å². The molecule has 0 bridgehead atoms. The second-order valence-electron chi connectivity index (χ2n) is 10.7. The van der Waals surface area contributed by atoms with Crippen LogP contribution in [0.4, 0.5) is 15.4 Å². The molecule has 0 radical (unpaired) electrons. The number of amides is 2. The van der Waals surface area contributed by atoms with Crippen molar-refractivity contribution in [2.45, 2.75) is 72.9 Å². The summed E-state index contributed by atoms with van der Waals surface area (Å²) < 4.78 is 18.3. The van der Waals surface area contributed by atoms with E-state index >= 15 is 0 Å². The van der Waals surface area contributed by atoms with E-state index in [1.54, 1.807) is 52.4 Å². The topological polar surface area (TPSA) is 95.8 Å². The number of aromatic nitrogens is 3. The number of carbonyl (C=O) groups excluding carboxylic acids is 2. The van der Waals surface area contributed by atoms with Gasteiger partial charge in [-0.15, -0.1) is 0 Å². The summed E-state index contributed by atoms with van der Waals surface area (Å²) in [4.78, 5) is 32.4. The molecule has 0 saturated heterocycles. The molecule has 1 aromatic carbocycles. The number of hydrogen-bond acceptors (Lipinski definition) is 7. The van der Waals surface area contributed by atoms with E-state index in [2.05, 4.69) is 4.98 Å². The predicted octanol–water partition coefficient (Wildman–Crippen LogP) is 5.95. The number of benzene rings is 1. The summed E-state index contributed by atoms with van der Waals surface area (Å²) in [6, 6.07) is 11.3. The Morgan fingerprint density at radius 1 is 0.972 bits per heavy atom. The van der Waals surface area contributed by atoms with E-state index in [0.29, 0.717) is 30.2 Å². The lowest BCUT2D eigenvalue weighted by Gasteiger charge is -2.29. The highest BCUT2D eigenvalue weighted by atomic mass is 16.6. The second-order valence-corrected chi connectivity index (χ2v) is 10.7. The average Bonchev–Trinajstić information content (AvgIpc) is 3.36. The maximum atomic E-state index is 13.5. The number of anilines is 1. The Morgan fingerprint density at radius 3 is 2.17 bits per heavy atom. The van der Waals surface area contributed by atoms with Crippen LogP contribution in [0.5, 0.6) is 0 Å². The summed E-state index contributed by atoms with van der Waals surface area (Å²) >= 11 is 0. The molecule has 2 amide bonds. The van der Waals surface area contributed by atoms with Crippen molar-refractivity contribution in [1.29, 1.82) is 0 Å². The number of fused-ring (bicyclic) bond motifs is 1. The van der Waals surface area contributed by atoms with E-state index in [1.165, 1.54) is 0 Å². The minimum absolute atomic E-state index is 0.233. The molecule has 0 saturated carbocycles. The third-order valence-electron chi connectivity index (χ3n) is 5.29. The largest absolute Gasteiger partial charge is 0.443 e. The van der Waals surface area contributed by atoms with Gasteiger partial charge >= 0.3 is 12.2 Å². The highest BCUT2D eigenvalue weighted by Crippen LogP contribution is 2.35. The first-order valence-electron chi connectivity index (χ1n) is 11.8. The number of imide groups is 1. The lowest BCUT2D eigenvalue weighted by molar-refractivity contribution is 0.0427. The number of nitrogens with zero attached hydrogens (tertiary/aromatic N) is 4. The average molecular weight is 493 g/mol. The number of hydrogen-bond donors (Lipinski definition) is 0. The molecule has 190 valence electrons. The van der Waals surface area contributed by atoms with Crippen molar-refractivity contribution in [2.24, 2.45) is 0 Å². The number of pyridine rings is 1. The summed E-state index contributed by atoms with van der Waals surface area (Å²) in [6.45, 7) is 13.2. The fourth-order valence-electron chi connectivity index (χ4n) is 3.82. The highest BCUT2D eigenvalue weighted by Gasteiger charge is 2.37. The Labute approximate surface area is 211 Å². The molecular weight excluding hydrogens is 460 g/mol. The summed E-state index contributed by atoms with van der Waals surface area (Å²) in [5.74, 6) is 0.233. The van der Waals surface area contributed by atoms with Gasteiger partial charge in [-0.2, -0.15) is 10.00 Å². The highest BCUT2D eigenvalue weighted by molar-refractivity contribution is 6.10. The molecule has 36 heavy (non-hydrogen) atoms. The zero-order valence-electron chi connectivity index (χ0n) is 21.8. The zero-order valence-corrected chi connectivity index (χ0v) is 21.8. The van der Waals surface area contributed by atoms with Crippen molar-refractivity contribution < 1.29 is 23.8 Å². The molecular formula is C27H32N4O5. The smallest absolute Gasteiger partial charge is 0.425 e. The molecule has 1 aliphatic heterocycles. The lowest BCUT2D eigenvalue weighted by Crippen LogP contribution is -2.45. The van der Waals surface area contributed by atoms with Crippen molar-refractivity contribution >= 4 is 18.0 Å². The molecule has 3 heterocycles. The SMILES string of the molecule is Cc1c(-c2cnc3c(c2)COC3)nn(-c2ccccc2)c1N(C(=O)OC(C)(C)C)C(=O)OC(C)(C)C. The maximum absolute atomic E-state index is 13.5. The van der Waals surface area contributed by atoms with E-state index in [4.69, 9.17) is 19.3 Å². The first-order valence-corrected chi connectivity index (χ1v) is 11.8. The molecule has 0 aliphatic carbocycles. The van der Waals surface area contributed by atoms with Crippen LogP contribution in [0.25, 0.3) is 16.9 Å². The van der Waals surface area contributed by atoms with Gasteiger partial charge in [-0.05, 0) is 66.7 Å². The minimum Gasteiger partial charge on any atom is -0.443 e. The third kappa shape index (κ3) is 5.41. The number of para-hydroxylation sites is 1. The van der Waals surface area contributed by atoms with Crippen LogP contribution in [0.1, 0.15) is 58.4 Å². The quantitative estimate of drug-likeness (QED) is 0.446. The van der Waals surface area contributed by atoms with Crippen LogP contribution in [-0.4, -0.2) is 38.2 Å². The van der Waals surface area contributed by atoms with E-state index in [9.17, 15) is 9.59 Å². The van der Waals surface area contributed by atoms with Gasteiger partial charge in [0.05, 0.1) is 30.3 Å². The molecule has 0 fully saturated rings. The van der Waals surface area contributed by atoms with E-state index in [-0.39, 0.29) is 5.82 Å². The second kappa shape index (κ2) is 9.39. The molecule has 1 aliphatic rings. The van der Waals surface area contributed by atoms with Crippen molar-refractivity contribution in [3.05, 3.63) is 59.4 Å². The van der Waals surface area contributed by atoms with Crippen LogP contribution in [0, 0.1) is 6.92 Å². The van der Waals surface area contributed by atoms with Gasteiger partial charge in [0.15, 0.2) is 5.82 Å². The van der Waals surface area contributed by atoms with Gasteiger partial charge in [0.2, 0.25) is 0 Å². The molecule has 0 unspecified atom stereocenters. The normalized spacial score (nSPS) is 13.3.